The molecular weight excluding hydrogens is 272 g/mol. The first-order valence-corrected chi connectivity index (χ1v) is 6.03. The van der Waals surface area contributed by atoms with Gasteiger partial charge < -0.3 is 5.11 Å². The van der Waals surface area contributed by atoms with Gasteiger partial charge in [-0.25, -0.2) is 0 Å². The molecule has 68 valence electrons. The molecule has 1 nitrogen and oxygen atoms in total. The van der Waals surface area contributed by atoms with Crippen LogP contribution in [-0.2, 0) is 0 Å². The van der Waals surface area contributed by atoms with Crippen LogP contribution in [0.25, 0.3) is 0 Å². The van der Waals surface area contributed by atoms with Crippen LogP contribution in [-0.4, -0.2) is 21.4 Å². The molecule has 0 aromatic rings. The highest BCUT2D eigenvalue weighted by molar-refractivity contribution is 9.12. The number of aliphatic hydroxyl groups excluding tert-OH is 1. The smallest absolute Gasteiger partial charge is 0.0576 e. The first-order valence-electron chi connectivity index (χ1n) is 3.99. The van der Waals surface area contributed by atoms with Gasteiger partial charge in [0.15, 0.2) is 0 Å². The van der Waals surface area contributed by atoms with E-state index in [2.05, 4.69) is 45.7 Å². The molecule has 0 amide bonds. The third-order valence-electron chi connectivity index (χ3n) is 1.97. The van der Waals surface area contributed by atoms with Crippen LogP contribution in [0.15, 0.2) is 0 Å². The molecule has 0 saturated heterocycles. The van der Waals surface area contributed by atoms with Crippen molar-refractivity contribution in [2.24, 2.45) is 5.92 Å². The Morgan fingerprint density at radius 3 is 2.36 bits per heavy atom. The van der Waals surface area contributed by atoms with E-state index in [1.165, 1.54) is 0 Å². The Labute approximate surface area is 85.8 Å². The largest absolute Gasteiger partial charge is 0.393 e. The molecule has 3 unspecified atom stereocenters. The van der Waals surface area contributed by atoms with Crippen LogP contribution in [0.1, 0.15) is 26.7 Å². The third kappa shape index (κ3) is 5.21. The third-order valence-corrected chi connectivity index (χ3v) is 4.31. The Kier molecular flexibility index (Phi) is 6.98. The van der Waals surface area contributed by atoms with E-state index >= 15 is 0 Å². The van der Waals surface area contributed by atoms with Gasteiger partial charge in [-0.1, -0.05) is 52.1 Å². The molecule has 0 aliphatic carbocycles. The van der Waals surface area contributed by atoms with Gasteiger partial charge in [0.2, 0.25) is 0 Å². The Hall–Kier alpha value is 0.920. The zero-order valence-corrected chi connectivity index (χ0v) is 10.2. The molecule has 3 atom stereocenters. The Balaban J connectivity index is 3.58. The molecule has 0 heterocycles. The van der Waals surface area contributed by atoms with Gasteiger partial charge in [-0.15, -0.1) is 0 Å². The number of hydrogen-bond acceptors (Lipinski definition) is 1. The van der Waals surface area contributed by atoms with Gasteiger partial charge >= 0.3 is 0 Å². The quantitative estimate of drug-likeness (QED) is 0.771. The molecule has 0 aromatic carbocycles. The standard InChI is InChI=1S/C8H16Br2O/c1-3-6(2)8(11)4-7(10)5-9/h6-8,11H,3-5H2,1-2H3. The molecule has 11 heavy (non-hydrogen) atoms. The highest BCUT2D eigenvalue weighted by Crippen LogP contribution is 2.17. The first kappa shape index (κ1) is 11.9. The fraction of sp³-hybridized carbons (Fsp3) is 1.00. The number of rotatable bonds is 5. The summed E-state index contributed by atoms with van der Waals surface area (Å²) in [5.74, 6) is 0.411. The SMILES string of the molecule is CCC(C)C(O)CC(Br)CBr. The van der Waals surface area contributed by atoms with Crippen molar-refractivity contribution in [3.05, 3.63) is 0 Å². The average Bonchev–Trinajstić information content (AvgIpc) is 2.02. The minimum absolute atomic E-state index is 0.165. The minimum atomic E-state index is -0.165. The predicted molar refractivity (Wildman–Crippen MR) is 56.6 cm³/mol. The van der Waals surface area contributed by atoms with E-state index in [1.807, 2.05) is 0 Å². The van der Waals surface area contributed by atoms with Crippen LogP contribution >= 0.6 is 31.9 Å². The van der Waals surface area contributed by atoms with Crippen LogP contribution < -0.4 is 0 Å². The number of alkyl halides is 2. The van der Waals surface area contributed by atoms with E-state index in [-0.39, 0.29) is 6.10 Å². The summed E-state index contributed by atoms with van der Waals surface area (Å²) in [7, 11) is 0. The zero-order valence-electron chi connectivity index (χ0n) is 7.06. The first-order chi connectivity index (χ1) is 5.11. The molecule has 0 aromatic heterocycles. The fourth-order valence-electron chi connectivity index (χ4n) is 0.829. The molecule has 0 fully saturated rings. The van der Waals surface area contributed by atoms with Crippen LogP contribution in [0.2, 0.25) is 0 Å². The maximum absolute atomic E-state index is 9.57. The van der Waals surface area contributed by atoms with Gasteiger partial charge in [0.05, 0.1) is 6.10 Å². The van der Waals surface area contributed by atoms with Crippen LogP contribution in [0.4, 0.5) is 0 Å². The molecule has 0 aliphatic rings. The van der Waals surface area contributed by atoms with Gasteiger partial charge in [-0.2, -0.15) is 0 Å². The van der Waals surface area contributed by atoms with Crippen molar-refractivity contribution >= 4 is 31.9 Å². The highest BCUT2D eigenvalue weighted by atomic mass is 79.9. The van der Waals surface area contributed by atoms with Crippen molar-refractivity contribution in [3.63, 3.8) is 0 Å². The molecule has 3 heteroatoms. The maximum Gasteiger partial charge on any atom is 0.0576 e. The summed E-state index contributed by atoms with van der Waals surface area (Å²) < 4.78 is 0. The molecular formula is C8H16Br2O. The van der Waals surface area contributed by atoms with Crippen LogP contribution in [0, 0.1) is 5.92 Å². The second kappa shape index (κ2) is 6.44. The van der Waals surface area contributed by atoms with Gasteiger partial charge in [-0.05, 0) is 12.3 Å². The molecule has 0 radical (unpaired) electrons. The summed E-state index contributed by atoms with van der Waals surface area (Å²) in [4.78, 5) is 0.395. The summed E-state index contributed by atoms with van der Waals surface area (Å²) in [5.41, 5.74) is 0. The molecule has 0 aliphatic heterocycles. The highest BCUT2D eigenvalue weighted by Gasteiger charge is 2.15. The summed E-state index contributed by atoms with van der Waals surface area (Å²) in [5, 5.41) is 10.5. The van der Waals surface area contributed by atoms with Crippen LogP contribution in [0.5, 0.6) is 0 Å². The summed E-state index contributed by atoms with van der Waals surface area (Å²) >= 11 is 6.82. The number of aliphatic hydroxyl groups is 1. The van der Waals surface area contributed by atoms with Gasteiger partial charge in [0, 0.05) is 10.2 Å². The molecule has 1 N–H and O–H groups in total. The van der Waals surface area contributed by atoms with Crippen molar-refractivity contribution < 1.29 is 5.11 Å². The number of hydrogen-bond donors (Lipinski definition) is 1. The monoisotopic (exact) mass is 286 g/mol. The molecule has 0 rings (SSSR count). The van der Waals surface area contributed by atoms with E-state index < -0.39 is 0 Å². The Morgan fingerprint density at radius 1 is 1.45 bits per heavy atom. The fourth-order valence-corrected chi connectivity index (χ4v) is 1.48. The predicted octanol–water partition coefficient (Wildman–Crippen LogP) is 2.94. The lowest BCUT2D eigenvalue weighted by Gasteiger charge is -2.18. The van der Waals surface area contributed by atoms with Gasteiger partial charge in [-0.3, -0.25) is 0 Å². The van der Waals surface area contributed by atoms with Crippen molar-refractivity contribution in [2.75, 3.05) is 5.33 Å². The van der Waals surface area contributed by atoms with Crippen molar-refractivity contribution in [2.45, 2.75) is 37.6 Å². The van der Waals surface area contributed by atoms with Crippen molar-refractivity contribution in [1.29, 1.82) is 0 Å². The van der Waals surface area contributed by atoms with Gasteiger partial charge in [0.1, 0.15) is 0 Å². The zero-order chi connectivity index (χ0) is 8.85. The summed E-state index contributed by atoms with van der Waals surface area (Å²) in [6.07, 6.45) is 1.71. The second-order valence-electron chi connectivity index (χ2n) is 2.94. The van der Waals surface area contributed by atoms with Crippen LogP contribution in [0.3, 0.4) is 0 Å². The van der Waals surface area contributed by atoms with E-state index in [9.17, 15) is 5.11 Å². The lowest BCUT2D eigenvalue weighted by atomic mass is 9.98. The number of halogens is 2. The van der Waals surface area contributed by atoms with Gasteiger partial charge in [0.25, 0.3) is 0 Å². The second-order valence-corrected chi connectivity index (χ2v) is 4.88. The molecule has 0 saturated carbocycles. The summed E-state index contributed by atoms with van der Waals surface area (Å²) in [6.45, 7) is 4.18. The van der Waals surface area contributed by atoms with E-state index in [0.29, 0.717) is 10.7 Å². The van der Waals surface area contributed by atoms with E-state index in [0.717, 1.165) is 18.2 Å². The topological polar surface area (TPSA) is 20.2 Å². The molecule has 0 bridgehead atoms. The van der Waals surface area contributed by atoms with E-state index in [1.54, 1.807) is 0 Å². The summed E-state index contributed by atoms with van der Waals surface area (Å²) in [6, 6.07) is 0. The Morgan fingerprint density at radius 2 is 2.00 bits per heavy atom. The van der Waals surface area contributed by atoms with Crippen molar-refractivity contribution in [1.82, 2.24) is 0 Å². The van der Waals surface area contributed by atoms with Crippen molar-refractivity contribution in [3.8, 4) is 0 Å². The lowest BCUT2D eigenvalue weighted by Crippen LogP contribution is -2.21. The van der Waals surface area contributed by atoms with E-state index in [4.69, 9.17) is 0 Å². The lowest BCUT2D eigenvalue weighted by molar-refractivity contribution is 0.107. The normalized spacial score (nSPS) is 19.4. The average molecular weight is 288 g/mol. The Bertz CT molecular complexity index is 98.1. The minimum Gasteiger partial charge on any atom is -0.393 e. The molecule has 0 spiro atoms. The maximum atomic E-state index is 9.57.